The van der Waals surface area contributed by atoms with E-state index in [1.807, 2.05) is 24.3 Å². The van der Waals surface area contributed by atoms with Gasteiger partial charge in [0.15, 0.2) is 0 Å². The number of alkyl halides is 1. The van der Waals surface area contributed by atoms with Crippen molar-refractivity contribution in [3.8, 4) is 23.1 Å². The van der Waals surface area contributed by atoms with Crippen LogP contribution in [0, 0.1) is 11.8 Å². The Bertz CT molecular complexity index is 489. The van der Waals surface area contributed by atoms with E-state index in [0.29, 0.717) is 5.88 Å². The molecule has 0 fully saturated rings. The van der Waals surface area contributed by atoms with Crippen molar-refractivity contribution < 1.29 is 0 Å². The van der Waals surface area contributed by atoms with Crippen LogP contribution in [0.4, 0.5) is 0 Å². The molecule has 0 aliphatic rings. The first-order chi connectivity index (χ1) is 7.90. The fourth-order valence-corrected chi connectivity index (χ4v) is 1.45. The Balaban J connectivity index is 2.15. The molecular weight excluding hydrogens is 220 g/mol. The quantitative estimate of drug-likeness (QED) is 0.624. The molecule has 0 unspecified atom stereocenters. The number of imidazole rings is 1. The molecule has 2 rings (SSSR count). The molecule has 1 aromatic heterocycles. The Morgan fingerprint density at radius 1 is 1.25 bits per heavy atom. The monoisotopic (exact) mass is 230 g/mol. The van der Waals surface area contributed by atoms with Crippen molar-refractivity contribution in [1.82, 2.24) is 9.97 Å². The molecule has 0 atom stereocenters. The molecular formula is C13H11ClN2. The highest BCUT2D eigenvalue weighted by molar-refractivity contribution is 6.18. The van der Waals surface area contributed by atoms with Crippen LogP contribution >= 0.6 is 11.6 Å². The number of rotatable bonds is 2. The molecule has 0 spiro atoms. The molecule has 0 amide bonds. The first kappa shape index (κ1) is 10.8. The number of H-pyrrole nitrogens is 1. The predicted octanol–water partition coefficient (Wildman–Crippen LogP) is 3.06. The van der Waals surface area contributed by atoms with Gasteiger partial charge in [-0.05, 0) is 17.7 Å². The maximum Gasteiger partial charge on any atom is 0.0924 e. The molecule has 0 aliphatic heterocycles. The minimum atomic E-state index is 0.583. The van der Waals surface area contributed by atoms with Crippen molar-refractivity contribution in [2.45, 2.75) is 6.42 Å². The van der Waals surface area contributed by atoms with Crippen LogP contribution < -0.4 is 0 Å². The van der Waals surface area contributed by atoms with Gasteiger partial charge in [-0.3, -0.25) is 0 Å². The topological polar surface area (TPSA) is 28.7 Å². The Morgan fingerprint density at radius 3 is 2.69 bits per heavy atom. The third-order valence-corrected chi connectivity index (χ3v) is 2.34. The van der Waals surface area contributed by atoms with Gasteiger partial charge in [-0.2, -0.15) is 0 Å². The van der Waals surface area contributed by atoms with Crippen LogP contribution in [0.2, 0.25) is 0 Å². The zero-order chi connectivity index (χ0) is 11.2. The van der Waals surface area contributed by atoms with Gasteiger partial charge in [0, 0.05) is 17.9 Å². The van der Waals surface area contributed by atoms with Crippen LogP contribution in [0.15, 0.2) is 36.8 Å². The van der Waals surface area contributed by atoms with Crippen molar-refractivity contribution in [1.29, 1.82) is 0 Å². The van der Waals surface area contributed by atoms with Crippen molar-refractivity contribution in [2.24, 2.45) is 0 Å². The molecule has 0 bridgehead atoms. The van der Waals surface area contributed by atoms with Crippen LogP contribution in [0.25, 0.3) is 11.3 Å². The van der Waals surface area contributed by atoms with Gasteiger partial charge in [-0.25, -0.2) is 4.98 Å². The third kappa shape index (κ3) is 2.65. The molecule has 0 radical (unpaired) electrons. The smallest absolute Gasteiger partial charge is 0.0924 e. The zero-order valence-corrected chi connectivity index (χ0v) is 9.46. The maximum atomic E-state index is 5.55. The summed E-state index contributed by atoms with van der Waals surface area (Å²) < 4.78 is 0. The summed E-state index contributed by atoms with van der Waals surface area (Å²) in [6.07, 6.45) is 4.20. The van der Waals surface area contributed by atoms with E-state index in [2.05, 4.69) is 21.8 Å². The maximum absolute atomic E-state index is 5.55. The van der Waals surface area contributed by atoms with Crippen LogP contribution in [0.1, 0.15) is 12.0 Å². The standard InChI is InChI=1S/C13H11ClN2/c14-8-2-1-3-11-4-6-12(7-5-11)13-9-15-10-16-13/h4-7,9-10H,2,8H2,(H,15,16). The number of benzene rings is 1. The Labute approximate surface area is 99.7 Å². The number of halogens is 1. The van der Waals surface area contributed by atoms with Gasteiger partial charge in [0.25, 0.3) is 0 Å². The van der Waals surface area contributed by atoms with E-state index in [4.69, 9.17) is 11.6 Å². The molecule has 1 aromatic carbocycles. The SMILES string of the molecule is ClCCC#Cc1ccc(-c2cnc[nH]2)cc1. The second-order valence-electron chi connectivity index (χ2n) is 3.28. The Hall–Kier alpha value is -1.72. The predicted molar refractivity (Wildman–Crippen MR) is 66.2 cm³/mol. The summed E-state index contributed by atoms with van der Waals surface area (Å²) in [5, 5.41) is 0. The van der Waals surface area contributed by atoms with Gasteiger partial charge in [0.1, 0.15) is 0 Å². The first-order valence-corrected chi connectivity index (χ1v) is 5.57. The summed E-state index contributed by atoms with van der Waals surface area (Å²) in [6, 6.07) is 8.05. The Kier molecular flexibility index (Phi) is 3.63. The van der Waals surface area contributed by atoms with Crippen molar-refractivity contribution in [2.75, 3.05) is 5.88 Å². The highest BCUT2D eigenvalue weighted by Crippen LogP contribution is 2.15. The van der Waals surface area contributed by atoms with E-state index in [0.717, 1.165) is 23.2 Å². The Morgan fingerprint density at radius 2 is 2.06 bits per heavy atom. The van der Waals surface area contributed by atoms with Gasteiger partial charge >= 0.3 is 0 Å². The van der Waals surface area contributed by atoms with Gasteiger partial charge in [-0.1, -0.05) is 24.0 Å². The van der Waals surface area contributed by atoms with Gasteiger partial charge in [-0.15, -0.1) is 11.6 Å². The lowest BCUT2D eigenvalue weighted by Gasteiger charge is -1.96. The third-order valence-electron chi connectivity index (χ3n) is 2.15. The summed E-state index contributed by atoms with van der Waals surface area (Å²) in [4.78, 5) is 7.04. The molecule has 80 valence electrons. The van der Waals surface area contributed by atoms with Gasteiger partial charge in [0.05, 0.1) is 18.2 Å². The average Bonchev–Trinajstić information content (AvgIpc) is 2.84. The number of aromatic amines is 1. The van der Waals surface area contributed by atoms with E-state index >= 15 is 0 Å². The zero-order valence-electron chi connectivity index (χ0n) is 8.70. The largest absolute Gasteiger partial charge is 0.345 e. The number of aromatic nitrogens is 2. The summed E-state index contributed by atoms with van der Waals surface area (Å²) in [5.41, 5.74) is 3.13. The second-order valence-corrected chi connectivity index (χ2v) is 3.66. The molecule has 0 aliphatic carbocycles. The summed E-state index contributed by atoms with van der Waals surface area (Å²) in [5.74, 6) is 6.64. The second kappa shape index (κ2) is 5.39. The van der Waals surface area contributed by atoms with E-state index in [1.165, 1.54) is 0 Å². The molecule has 1 heterocycles. The molecule has 16 heavy (non-hydrogen) atoms. The van der Waals surface area contributed by atoms with E-state index in [1.54, 1.807) is 12.5 Å². The lowest BCUT2D eigenvalue weighted by molar-refractivity contribution is 1.29. The molecule has 0 saturated carbocycles. The van der Waals surface area contributed by atoms with Crippen molar-refractivity contribution in [3.05, 3.63) is 42.4 Å². The minimum absolute atomic E-state index is 0.583. The normalized spacial score (nSPS) is 9.56. The molecule has 3 heteroatoms. The van der Waals surface area contributed by atoms with Crippen molar-refractivity contribution >= 4 is 11.6 Å². The van der Waals surface area contributed by atoms with Crippen LogP contribution in [-0.2, 0) is 0 Å². The average molecular weight is 231 g/mol. The minimum Gasteiger partial charge on any atom is -0.345 e. The number of nitrogens with zero attached hydrogens (tertiary/aromatic N) is 1. The highest BCUT2D eigenvalue weighted by atomic mass is 35.5. The van der Waals surface area contributed by atoms with E-state index < -0.39 is 0 Å². The first-order valence-electron chi connectivity index (χ1n) is 5.04. The summed E-state index contributed by atoms with van der Waals surface area (Å²) in [7, 11) is 0. The van der Waals surface area contributed by atoms with E-state index in [9.17, 15) is 0 Å². The van der Waals surface area contributed by atoms with Crippen LogP contribution in [0.5, 0.6) is 0 Å². The fraction of sp³-hybridized carbons (Fsp3) is 0.154. The van der Waals surface area contributed by atoms with Gasteiger partial charge < -0.3 is 4.98 Å². The molecule has 2 nitrogen and oxygen atoms in total. The van der Waals surface area contributed by atoms with Gasteiger partial charge in [0.2, 0.25) is 0 Å². The lowest BCUT2D eigenvalue weighted by atomic mass is 10.1. The summed E-state index contributed by atoms with van der Waals surface area (Å²) >= 11 is 5.55. The fourth-order valence-electron chi connectivity index (χ4n) is 1.36. The molecule has 2 aromatic rings. The lowest BCUT2D eigenvalue weighted by Crippen LogP contribution is -1.79. The molecule has 0 saturated heterocycles. The molecule has 1 N–H and O–H groups in total. The summed E-state index contributed by atoms with van der Waals surface area (Å²) in [6.45, 7) is 0. The van der Waals surface area contributed by atoms with Crippen LogP contribution in [-0.4, -0.2) is 15.8 Å². The van der Waals surface area contributed by atoms with Crippen LogP contribution in [0.3, 0.4) is 0 Å². The number of hydrogen-bond donors (Lipinski definition) is 1. The number of hydrogen-bond acceptors (Lipinski definition) is 1. The van der Waals surface area contributed by atoms with E-state index in [-0.39, 0.29) is 0 Å². The highest BCUT2D eigenvalue weighted by Gasteiger charge is 1.97. The van der Waals surface area contributed by atoms with Crippen molar-refractivity contribution in [3.63, 3.8) is 0 Å². The number of nitrogens with one attached hydrogen (secondary N) is 1.